The molecular weight excluding hydrogens is 222 g/mol. The standard InChI is InChI=1S/C9H8ClNO4/c1-15-9(12)8(10)6-3-2-4-7(5-6)11(13)14/h2-5,8H,1H3. The molecule has 0 aliphatic heterocycles. The summed E-state index contributed by atoms with van der Waals surface area (Å²) in [7, 11) is 1.20. The molecule has 1 atom stereocenters. The van der Waals surface area contributed by atoms with E-state index in [2.05, 4.69) is 4.74 Å². The van der Waals surface area contributed by atoms with Crippen molar-refractivity contribution in [2.45, 2.75) is 5.38 Å². The number of benzene rings is 1. The summed E-state index contributed by atoms with van der Waals surface area (Å²) in [6.07, 6.45) is 0. The molecule has 0 saturated carbocycles. The van der Waals surface area contributed by atoms with Gasteiger partial charge < -0.3 is 4.74 Å². The van der Waals surface area contributed by atoms with Gasteiger partial charge in [0.05, 0.1) is 12.0 Å². The number of nitro benzene ring substituents is 1. The Morgan fingerprint density at radius 1 is 1.60 bits per heavy atom. The van der Waals surface area contributed by atoms with Gasteiger partial charge in [-0.3, -0.25) is 14.9 Å². The Kier molecular flexibility index (Phi) is 3.62. The third-order valence-electron chi connectivity index (χ3n) is 1.78. The van der Waals surface area contributed by atoms with Gasteiger partial charge in [0, 0.05) is 12.1 Å². The first kappa shape index (κ1) is 11.5. The smallest absolute Gasteiger partial charge is 0.328 e. The highest BCUT2D eigenvalue weighted by Crippen LogP contribution is 2.24. The second-order valence-electron chi connectivity index (χ2n) is 2.74. The number of methoxy groups -OCH3 is 1. The van der Waals surface area contributed by atoms with Crippen LogP contribution in [0.4, 0.5) is 5.69 Å². The van der Waals surface area contributed by atoms with Crippen LogP contribution in [0.15, 0.2) is 24.3 Å². The van der Waals surface area contributed by atoms with Gasteiger partial charge in [-0.25, -0.2) is 0 Å². The fraction of sp³-hybridized carbons (Fsp3) is 0.222. The van der Waals surface area contributed by atoms with Crippen LogP contribution in [0.3, 0.4) is 0 Å². The molecule has 15 heavy (non-hydrogen) atoms. The molecule has 80 valence electrons. The van der Waals surface area contributed by atoms with Gasteiger partial charge in [-0.1, -0.05) is 12.1 Å². The monoisotopic (exact) mass is 229 g/mol. The third kappa shape index (κ3) is 2.66. The molecule has 0 bridgehead atoms. The van der Waals surface area contributed by atoms with E-state index in [-0.39, 0.29) is 5.69 Å². The lowest BCUT2D eigenvalue weighted by Gasteiger charge is -2.06. The van der Waals surface area contributed by atoms with Crippen LogP contribution in [-0.2, 0) is 9.53 Å². The van der Waals surface area contributed by atoms with Crippen LogP contribution in [0.25, 0.3) is 0 Å². The van der Waals surface area contributed by atoms with Gasteiger partial charge in [0.25, 0.3) is 5.69 Å². The lowest BCUT2D eigenvalue weighted by atomic mass is 10.1. The van der Waals surface area contributed by atoms with Crippen molar-refractivity contribution < 1.29 is 14.5 Å². The van der Waals surface area contributed by atoms with E-state index in [4.69, 9.17) is 11.6 Å². The number of hydrogen-bond acceptors (Lipinski definition) is 4. The van der Waals surface area contributed by atoms with Crippen molar-refractivity contribution in [3.8, 4) is 0 Å². The highest BCUT2D eigenvalue weighted by Gasteiger charge is 2.20. The van der Waals surface area contributed by atoms with Crippen LogP contribution in [0.5, 0.6) is 0 Å². The average Bonchev–Trinajstić information content (AvgIpc) is 2.27. The van der Waals surface area contributed by atoms with Crippen molar-refractivity contribution in [1.29, 1.82) is 0 Å². The minimum Gasteiger partial charge on any atom is -0.468 e. The largest absolute Gasteiger partial charge is 0.468 e. The lowest BCUT2D eigenvalue weighted by molar-refractivity contribution is -0.384. The second-order valence-corrected chi connectivity index (χ2v) is 3.17. The number of rotatable bonds is 3. The van der Waals surface area contributed by atoms with Gasteiger partial charge in [-0.15, -0.1) is 11.6 Å². The zero-order chi connectivity index (χ0) is 11.4. The number of alkyl halides is 1. The van der Waals surface area contributed by atoms with E-state index in [1.54, 1.807) is 0 Å². The van der Waals surface area contributed by atoms with E-state index >= 15 is 0 Å². The van der Waals surface area contributed by atoms with E-state index < -0.39 is 16.3 Å². The summed E-state index contributed by atoms with van der Waals surface area (Å²) in [6.45, 7) is 0. The van der Waals surface area contributed by atoms with E-state index in [1.807, 2.05) is 0 Å². The molecule has 5 nitrogen and oxygen atoms in total. The highest BCUT2D eigenvalue weighted by atomic mass is 35.5. The number of esters is 1. The molecule has 0 radical (unpaired) electrons. The summed E-state index contributed by atoms with van der Waals surface area (Å²) in [5.74, 6) is -0.642. The van der Waals surface area contributed by atoms with Gasteiger partial charge in [-0.05, 0) is 5.56 Å². The van der Waals surface area contributed by atoms with Crippen molar-refractivity contribution >= 4 is 23.3 Å². The van der Waals surface area contributed by atoms with Crippen molar-refractivity contribution in [3.05, 3.63) is 39.9 Å². The molecule has 0 aromatic heterocycles. The SMILES string of the molecule is COC(=O)C(Cl)c1cccc([N+](=O)[O-])c1. The Bertz CT molecular complexity index is 393. The van der Waals surface area contributed by atoms with Gasteiger partial charge >= 0.3 is 5.97 Å². The molecule has 1 unspecified atom stereocenters. The molecule has 0 amide bonds. The second kappa shape index (κ2) is 4.75. The molecule has 6 heteroatoms. The number of hydrogen-bond donors (Lipinski definition) is 0. The summed E-state index contributed by atoms with van der Waals surface area (Å²) >= 11 is 5.74. The van der Waals surface area contributed by atoms with Crippen LogP contribution in [0, 0.1) is 10.1 Å². The highest BCUT2D eigenvalue weighted by molar-refractivity contribution is 6.29. The minimum absolute atomic E-state index is 0.109. The predicted octanol–water partition coefficient (Wildman–Crippen LogP) is 2.05. The van der Waals surface area contributed by atoms with Crippen LogP contribution in [-0.4, -0.2) is 18.0 Å². The molecule has 0 fully saturated rings. The lowest BCUT2D eigenvalue weighted by Crippen LogP contribution is -2.08. The zero-order valence-corrected chi connectivity index (χ0v) is 8.60. The van der Waals surface area contributed by atoms with E-state index in [0.717, 1.165) is 0 Å². The number of carbonyl (C=O) groups excluding carboxylic acids is 1. The summed E-state index contributed by atoms with van der Waals surface area (Å²) in [6, 6.07) is 5.56. The number of non-ortho nitro benzene ring substituents is 1. The zero-order valence-electron chi connectivity index (χ0n) is 7.84. The fourth-order valence-corrected chi connectivity index (χ4v) is 1.26. The van der Waals surface area contributed by atoms with Gasteiger partial charge in [0.2, 0.25) is 0 Å². The number of carbonyl (C=O) groups is 1. The molecule has 0 aliphatic rings. The molecule has 1 aromatic rings. The van der Waals surface area contributed by atoms with Crippen molar-refractivity contribution in [2.75, 3.05) is 7.11 Å². The maximum atomic E-state index is 11.1. The summed E-state index contributed by atoms with van der Waals surface area (Å²) < 4.78 is 4.43. The van der Waals surface area contributed by atoms with Gasteiger partial charge in [0.1, 0.15) is 0 Å². The Hall–Kier alpha value is -1.62. The number of nitro groups is 1. The summed E-state index contributed by atoms with van der Waals surface area (Å²) in [4.78, 5) is 21.0. The number of halogens is 1. The Labute approximate surface area is 90.8 Å². The quantitative estimate of drug-likeness (QED) is 0.344. The van der Waals surface area contributed by atoms with Crippen LogP contribution >= 0.6 is 11.6 Å². The molecule has 1 aromatic carbocycles. The van der Waals surface area contributed by atoms with Crippen molar-refractivity contribution in [1.82, 2.24) is 0 Å². The first-order valence-electron chi connectivity index (χ1n) is 4.02. The first-order valence-corrected chi connectivity index (χ1v) is 4.46. The molecule has 0 aliphatic carbocycles. The molecule has 0 saturated heterocycles. The molecule has 0 heterocycles. The maximum absolute atomic E-state index is 11.1. The van der Waals surface area contributed by atoms with Crippen LogP contribution in [0.2, 0.25) is 0 Å². The maximum Gasteiger partial charge on any atom is 0.328 e. The van der Waals surface area contributed by atoms with E-state index in [1.165, 1.54) is 31.4 Å². The Morgan fingerprint density at radius 2 is 2.27 bits per heavy atom. The average molecular weight is 230 g/mol. The summed E-state index contributed by atoms with van der Waals surface area (Å²) in [5, 5.41) is 9.44. The number of nitrogens with zero attached hydrogens (tertiary/aromatic N) is 1. The van der Waals surface area contributed by atoms with Crippen LogP contribution < -0.4 is 0 Å². The Balaban J connectivity index is 3.00. The molecule has 0 N–H and O–H groups in total. The normalized spacial score (nSPS) is 11.9. The van der Waals surface area contributed by atoms with Crippen LogP contribution in [0.1, 0.15) is 10.9 Å². The fourth-order valence-electron chi connectivity index (χ4n) is 1.04. The summed E-state index contributed by atoms with van der Waals surface area (Å²) in [5.41, 5.74) is 0.236. The van der Waals surface area contributed by atoms with E-state index in [9.17, 15) is 14.9 Å². The first-order chi connectivity index (χ1) is 7.06. The molecular formula is C9H8ClNO4. The van der Waals surface area contributed by atoms with E-state index in [0.29, 0.717) is 5.56 Å². The topological polar surface area (TPSA) is 69.4 Å². The van der Waals surface area contributed by atoms with Gasteiger partial charge in [-0.2, -0.15) is 0 Å². The Morgan fingerprint density at radius 3 is 2.80 bits per heavy atom. The molecule has 1 rings (SSSR count). The minimum atomic E-state index is -1.02. The third-order valence-corrected chi connectivity index (χ3v) is 2.21. The number of ether oxygens (including phenoxy) is 1. The van der Waals surface area contributed by atoms with Crippen molar-refractivity contribution in [3.63, 3.8) is 0 Å². The molecule has 0 spiro atoms. The predicted molar refractivity (Wildman–Crippen MR) is 53.7 cm³/mol. The van der Waals surface area contributed by atoms with Gasteiger partial charge in [0.15, 0.2) is 5.38 Å². The van der Waals surface area contributed by atoms with Crippen molar-refractivity contribution in [2.24, 2.45) is 0 Å².